The van der Waals surface area contributed by atoms with Crippen LogP contribution < -0.4 is 5.56 Å². The number of H-pyrrole nitrogens is 1. The van der Waals surface area contributed by atoms with Gasteiger partial charge in [-0.1, -0.05) is 49.4 Å². The zero-order valence-corrected chi connectivity index (χ0v) is 20.8. The Balaban J connectivity index is 1.53. The molecule has 0 aliphatic carbocycles. The Morgan fingerprint density at radius 2 is 1.89 bits per heavy atom. The molecule has 184 valence electrons. The third-order valence-corrected chi connectivity index (χ3v) is 6.80. The number of tetrazole rings is 1. The van der Waals surface area contributed by atoms with Gasteiger partial charge in [0.15, 0.2) is 5.82 Å². The van der Waals surface area contributed by atoms with Crippen molar-refractivity contribution < 1.29 is 4.42 Å². The van der Waals surface area contributed by atoms with E-state index >= 15 is 0 Å². The minimum Gasteiger partial charge on any atom is -0.467 e. The van der Waals surface area contributed by atoms with E-state index in [2.05, 4.69) is 63.5 Å². The number of hydrogen-bond donors (Lipinski definition) is 1. The van der Waals surface area contributed by atoms with E-state index in [1.807, 2.05) is 43.3 Å². The van der Waals surface area contributed by atoms with Crippen LogP contribution in [-0.4, -0.2) is 30.1 Å². The number of benzene rings is 2. The van der Waals surface area contributed by atoms with Gasteiger partial charge in [-0.2, -0.15) is 0 Å². The highest BCUT2D eigenvalue weighted by Crippen LogP contribution is 2.27. The molecule has 8 heteroatoms. The zero-order chi connectivity index (χ0) is 25.1. The number of aryl methyl sites for hydroxylation is 2. The number of pyridine rings is 1. The number of aromatic amines is 1. The summed E-state index contributed by atoms with van der Waals surface area (Å²) >= 11 is 0. The van der Waals surface area contributed by atoms with Crippen molar-refractivity contribution in [1.82, 2.24) is 30.1 Å². The van der Waals surface area contributed by atoms with E-state index in [9.17, 15) is 4.79 Å². The van der Waals surface area contributed by atoms with Crippen molar-refractivity contribution in [2.24, 2.45) is 0 Å². The number of nitrogens with one attached hydrogen (secondary N) is 1. The predicted molar refractivity (Wildman–Crippen MR) is 138 cm³/mol. The number of furan rings is 1. The maximum Gasteiger partial charge on any atom is 0.252 e. The van der Waals surface area contributed by atoms with Gasteiger partial charge in [-0.25, -0.2) is 4.68 Å². The Labute approximate surface area is 209 Å². The molecule has 0 saturated heterocycles. The smallest absolute Gasteiger partial charge is 0.252 e. The lowest BCUT2D eigenvalue weighted by Crippen LogP contribution is -2.32. The minimum atomic E-state index is -0.106. The van der Waals surface area contributed by atoms with Crippen LogP contribution in [0.1, 0.15) is 53.2 Å². The van der Waals surface area contributed by atoms with Crippen molar-refractivity contribution in [2.45, 2.75) is 52.9 Å². The lowest BCUT2D eigenvalue weighted by atomic mass is 10.0. The van der Waals surface area contributed by atoms with Crippen LogP contribution in [0.15, 0.2) is 76.1 Å². The Kier molecular flexibility index (Phi) is 6.77. The SMILES string of the molecule is CC[C@@H](c1nnnn1Cc1ccco1)N(Cc1ccccc1)Cc1cc2ccc(C)c(C)c2[nH]c1=O. The van der Waals surface area contributed by atoms with E-state index in [1.165, 1.54) is 0 Å². The molecule has 3 aromatic heterocycles. The molecule has 0 spiro atoms. The topological polar surface area (TPSA) is 92.8 Å². The fourth-order valence-electron chi connectivity index (χ4n) is 4.72. The van der Waals surface area contributed by atoms with Gasteiger partial charge in [0, 0.05) is 18.7 Å². The van der Waals surface area contributed by atoms with Crippen molar-refractivity contribution in [3.05, 3.63) is 111 Å². The van der Waals surface area contributed by atoms with Crippen LogP contribution in [0.3, 0.4) is 0 Å². The van der Waals surface area contributed by atoms with Crippen molar-refractivity contribution in [3.8, 4) is 0 Å². The molecule has 3 heterocycles. The molecule has 5 rings (SSSR count). The summed E-state index contributed by atoms with van der Waals surface area (Å²) in [6.45, 7) is 7.77. The second-order valence-electron chi connectivity index (χ2n) is 9.18. The van der Waals surface area contributed by atoms with Crippen molar-refractivity contribution >= 4 is 10.9 Å². The van der Waals surface area contributed by atoms with Crippen LogP contribution in [0.2, 0.25) is 0 Å². The average molecular weight is 483 g/mol. The molecule has 5 aromatic rings. The highest BCUT2D eigenvalue weighted by atomic mass is 16.3. The highest BCUT2D eigenvalue weighted by molar-refractivity contribution is 5.83. The monoisotopic (exact) mass is 482 g/mol. The van der Waals surface area contributed by atoms with Gasteiger partial charge in [0.2, 0.25) is 0 Å². The van der Waals surface area contributed by atoms with Gasteiger partial charge in [-0.3, -0.25) is 9.69 Å². The lowest BCUT2D eigenvalue weighted by molar-refractivity contribution is 0.161. The zero-order valence-electron chi connectivity index (χ0n) is 20.8. The molecular weight excluding hydrogens is 452 g/mol. The van der Waals surface area contributed by atoms with Gasteiger partial charge in [-0.15, -0.1) is 5.10 Å². The molecule has 0 radical (unpaired) electrons. The standard InChI is InChI=1S/C28H30N6O2/c1-4-25(27-30-31-32-34(27)18-24-11-8-14-36-24)33(16-21-9-6-5-7-10-21)17-23-15-22-13-12-19(2)20(3)26(22)29-28(23)35/h5-15,25H,4,16-18H2,1-3H3,(H,29,35)/t25-/m0/s1. The molecule has 1 atom stereocenters. The Hall–Kier alpha value is -4.04. The minimum absolute atomic E-state index is 0.0701. The molecule has 8 nitrogen and oxygen atoms in total. The summed E-state index contributed by atoms with van der Waals surface area (Å²) in [7, 11) is 0. The third kappa shape index (κ3) is 4.85. The molecule has 36 heavy (non-hydrogen) atoms. The van der Waals surface area contributed by atoms with Gasteiger partial charge >= 0.3 is 0 Å². The highest BCUT2D eigenvalue weighted by Gasteiger charge is 2.26. The first kappa shape index (κ1) is 23.7. The van der Waals surface area contributed by atoms with Crippen molar-refractivity contribution in [3.63, 3.8) is 0 Å². The van der Waals surface area contributed by atoms with Crippen molar-refractivity contribution in [1.29, 1.82) is 0 Å². The molecule has 0 amide bonds. The molecule has 0 fully saturated rings. The maximum atomic E-state index is 13.2. The van der Waals surface area contributed by atoms with Crippen LogP contribution in [0, 0.1) is 13.8 Å². The first-order chi connectivity index (χ1) is 17.5. The van der Waals surface area contributed by atoms with E-state index in [0.29, 0.717) is 25.2 Å². The largest absolute Gasteiger partial charge is 0.467 e. The van der Waals surface area contributed by atoms with E-state index in [0.717, 1.165) is 45.6 Å². The normalized spacial score (nSPS) is 12.4. The number of rotatable bonds is 9. The average Bonchev–Trinajstić information content (AvgIpc) is 3.57. The number of hydrogen-bond acceptors (Lipinski definition) is 6. The molecular formula is C28H30N6O2. The van der Waals surface area contributed by atoms with Gasteiger partial charge in [0.1, 0.15) is 12.3 Å². The van der Waals surface area contributed by atoms with E-state index in [-0.39, 0.29) is 11.6 Å². The number of nitrogens with zero attached hydrogens (tertiary/aromatic N) is 5. The van der Waals surface area contributed by atoms with Crippen LogP contribution in [0.25, 0.3) is 10.9 Å². The summed E-state index contributed by atoms with van der Waals surface area (Å²) < 4.78 is 7.31. The number of fused-ring (bicyclic) bond motifs is 1. The fraction of sp³-hybridized carbons (Fsp3) is 0.286. The van der Waals surface area contributed by atoms with Crippen LogP contribution >= 0.6 is 0 Å². The van der Waals surface area contributed by atoms with E-state index in [4.69, 9.17) is 4.42 Å². The molecule has 0 aliphatic heterocycles. The van der Waals surface area contributed by atoms with Gasteiger partial charge < -0.3 is 9.40 Å². The van der Waals surface area contributed by atoms with Gasteiger partial charge in [-0.05, 0) is 71.0 Å². The summed E-state index contributed by atoms with van der Waals surface area (Å²) in [5.74, 6) is 1.53. The van der Waals surface area contributed by atoms with E-state index in [1.54, 1.807) is 10.9 Å². The van der Waals surface area contributed by atoms with Gasteiger partial charge in [0.25, 0.3) is 5.56 Å². The molecule has 0 unspecified atom stereocenters. The fourth-order valence-corrected chi connectivity index (χ4v) is 4.72. The second-order valence-corrected chi connectivity index (χ2v) is 9.18. The summed E-state index contributed by atoms with van der Waals surface area (Å²) in [4.78, 5) is 18.6. The number of aromatic nitrogens is 5. The summed E-state index contributed by atoms with van der Waals surface area (Å²) in [6.07, 6.45) is 2.42. The Morgan fingerprint density at radius 3 is 2.64 bits per heavy atom. The Morgan fingerprint density at radius 1 is 1.06 bits per heavy atom. The molecule has 0 bridgehead atoms. The van der Waals surface area contributed by atoms with Crippen molar-refractivity contribution in [2.75, 3.05) is 0 Å². The summed E-state index contributed by atoms with van der Waals surface area (Å²) in [5, 5.41) is 13.6. The molecule has 0 saturated carbocycles. The van der Waals surface area contributed by atoms with E-state index < -0.39 is 0 Å². The first-order valence-corrected chi connectivity index (χ1v) is 12.2. The lowest BCUT2D eigenvalue weighted by Gasteiger charge is -2.30. The predicted octanol–water partition coefficient (Wildman–Crippen LogP) is 4.93. The molecule has 2 aromatic carbocycles. The maximum absolute atomic E-state index is 13.2. The third-order valence-electron chi connectivity index (χ3n) is 6.80. The summed E-state index contributed by atoms with van der Waals surface area (Å²) in [6, 6.07) is 20.1. The molecule has 1 N–H and O–H groups in total. The van der Waals surface area contributed by atoms with Gasteiger partial charge in [0.05, 0.1) is 17.8 Å². The van der Waals surface area contributed by atoms with Crippen LogP contribution in [-0.2, 0) is 19.6 Å². The second kappa shape index (κ2) is 10.3. The first-order valence-electron chi connectivity index (χ1n) is 12.2. The summed E-state index contributed by atoms with van der Waals surface area (Å²) in [5.41, 5.74) is 4.95. The quantitative estimate of drug-likeness (QED) is 0.320. The molecule has 0 aliphatic rings. The van der Waals surface area contributed by atoms with Crippen LogP contribution in [0.4, 0.5) is 0 Å². The Bertz CT molecular complexity index is 1500. The van der Waals surface area contributed by atoms with Crippen LogP contribution in [0.5, 0.6) is 0 Å².